The number of nitrogens with zero attached hydrogens (tertiary/aromatic N) is 4. The largest absolute Gasteiger partial charge is 0.346 e. The summed E-state index contributed by atoms with van der Waals surface area (Å²) in [7, 11) is 4.18. The summed E-state index contributed by atoms with van der Waals surface area (Å²) < 4.78 is 4.44. The third-order valence-corrected chi connectivity index (χ3v) is 10.4. The highest BCUT2D eigenvalue weighted by atomic mass is 32.4. The number of hydrazone groups is 1. The zero-order valence-corrected chi connectivity index (χ0v) is 17.2. The van der Waals surface area contributed by atoms with Crippen molar-refractivity contribution in [3.8, 4) is 0 Å². The molecule has 1 aromatic carbocycles. The van der Waals surface area contributed by atoms with Crippen molar-refractivity contribution in [2.24, 2.45) is 5.10 Å². The number of para-hydroxylation sites is 1. The molecule has 1 atom stereocenters. The quantitative estimate of drug-likeness (QED) is 0.751. The van der Waals surface area contributed by atoms with Gasteiger partial charge >= 0.3 is 0 Å². The van der Waals surface area contributed by atoms with Crippen molar-refractivity contribution >= 4 is 30.0 Å². The number of hydrogen-bond acceptors (Lipinski definition) is 3. The van der Waals surface area contributed by atoms with Gasteiger partial charge in [0.15, 0.2) is 0 Å². The molecule has 0 bridgehead atoms. The molecule has 6 heteroatoms. The molecular weight excluding hydrogens is 335 g/mol. The molecule has 0 spiro atoms. The van der Waals surface area contributed by atoms with Crippen molar-refractivity contribution < 1.29 is 0 Å². The van der Waals surface area contributed by atoms with Gasteiger partial charge in [0, 0.05) is 44.0 Å². The lowest BCUT2D eigenvalue weighted by Gasteiger charge is -2.38. The van der Waals surface area contributed by atoms with Gasteiger partial charge in [-0.25, -0.2) is 0 Å². The van der Waals surface area contributed by atoms with Crippen LogP contribution in [0.25, 0.3) is 0 Å². The highest BCUT2D eigenvalue weighted by Crippen LogP contribution is 2.65. The molecule has 2 aliphatic heterocycles. The first kappa shape index (κ1) is 17.7. The molecule has 0 aromatic heterocycles. The van der Waals surface area contributed by atoms with Gasteiger partial charge in [-0.3, -0.25) is 9.45 Å². The number of allylic oxidation sites excluding steroid dienone is 2. The van der Waals surface area contributed by atoms with E-state index in [9.17, 15) is 0 Å². The fraction of sp³-hybridized carbons (Fsp3) is 0.500. The summed E-state index contributed by atoms with van der Waals surface area (Å²) >= 11 is 6.29. The van der Waals surface area contributed by atoms with Crippen LogP contribution in [0.15, 0.2) is 40.4 Å². The highest BCUT2D eigenvalue weighted by molar-refractivity contribution is 8.14. The first-order chi connectivity index (χ1) is 11.3. The van der Waals surface area contributed by atoms with E-state index in [0.29, 0.717) is 0 Å². The van der Waals surface area contributed by atoms with Crippen LogP contribution in [0.2, 0.25) is 0 Å². The number of benzene rings is 1. The summed E-state index contributed by atoms with van der Waals surface area (Å²) in [6.45, 7) is 10.8. The van der Waals surface area contributed by atoms with Crippen LogP contribution in [0.5, 0.6) is 0 Å². The second-order valence-electron chi connectivity index (χ2n) is 6.85. The van der Waals surface area contributed by atoms with E-state index in [1.807, 2.05) is 18.0 Å². The van der Waals surface area contributed by atoms with E-state index in [0.717, 1.165) is 13.1 Å². The molecule has 0 saturated carbocycles. The summed E-state index contributed by atoms with van der Waals surface area (Å²) in [4.78, 5) is 2.32. The molecule has 1 aromatic rings. The van der Waals surface area contributed by atoms with Crippen LogP contribution in [0.1, 0.15) is 33.3 Å². The third kappa shape index (κ3) is 2.22. The first-order valence-corrected chi connectivity index (χ1v) is 11.2. The number of fused-ring (bicyclic) bond motifs is 1. The molecule has 1 unspecified atom stereocenters. The Morgan fingerprint density at radius 3 is 2.38 bits per heavy atom. The summed E-state index contributed by atoms with van der Waals surface area (Å²) in [5.41, 5.74) is 3.86. The van der Waals surface area contributed by atoms with Gasteiger partial charge in [-0.2, -0.15) is 5.10 Å². The molecule has 0 radical (unpaired) electrons. The lowest BCUT2D eigenvalue weighted by Crippen LogP contribution is -2.30. The number of rotatable bonds is 3. The Hall–Kier alpha value is -1.16. The molecule has 0 amide bonds. The monoisotopic (exact) mass is 362 g/mol. The van der Waals surface area contributed by atoms with E-state index >= 15 is 0 Å². The van der Waals surface area contributed by atoms with E-state index in [2.05, 4.69) is 73.7 Å². The fourth-order valence-corrected chi connectivity index (χ4v) is 8.10. The Bertz CT molecular complexity index is 764. The Labute approximate surface area is 150 Å². The molecule has 2 heterocycles. The second kappa shape index (κ2) is 5.98. The van der Waals surface area contributed by atoms with Crippen molar-refractivity contribution in [2.75, 3.05) is 32.1 Å². The van der Waals surface area contributed by atoms with Gasteiger partial charge in [-0.15, -0.1) is 0 Å². The van der Waals surface area contributed by atoms with Crippen molar-refractivity contribution in [3.63, 3.8) is 0 Å². The lowest BCUT2D eigenvalue weighted by molar-refractivity contribution is 0.459. The summed E-state index contributed by atoms with van der Waals surface area (Å²) in [6.07, 6.45) is -0.0481. The molecule has 3 rings (SSSR count). The highest BCUT2D eigenvalue weighted by Gasteiger charge is 2.46. The Morgan fingerprint density at radius 2 is 1.79 bits per heavy atom. The average Bonchev–Trinajstić information content (AvgIpc) is 2.95. The zero-order chi connectivity index (χ0) is 17.7. The smallest absolute Gasteiger partial charge is 0.148 e. The van der Waals surface area contributed by atoms with Crippen LogP contribution >= 0.6 is 6.34 Å². The van der Waals surface area contributed by atoms with Gasteiger partial charge in [-0.05, 0) is 11.6 Å². The number of hydrogen-bond donors (Lipinski definition) is 0. The van der Waals surface area contributed by atoms with Crippen LogP contribution in [0, 0.1) is 0 Å². The maximum atomic E-state index is 6.29. The maximum absolute atomic E-state index is 6.29. The zero-order valence-electron chi connectivity index (χ0n) is 15.4. The van der Waals surface area contributed by atoms with Crippen molar-refractivity contribution in [3.05, 3.63) is 40.8 Å². The first-order valence-electron chi connectivity index (χ1n) is 8.52. The van der Waals surface area contributed by atoms with Crippen LogP contribution in [-0.2, 0) is 17.2 Å². The van der Waals surface area contributed by atoms with Gasteiger partial charge in [0.05, 0.1) is 11.5 Å². The van der Waals surface area contributed by atoms with Gasteiger partial charge in [0.25, 0.3) is 0 Å². The Kier molecular flexibility index (Phi) is 4.40. The van der Waals surface area contributed by atoms with Gasteiger partial charge < -0.3 is 4.90 Å². The fourth-order valence-electron chi connectivity index (χ4n) is 4.03. The number of likely N-dealkylation sites (N-methyl/N-ethyl adjacent to an activating group) is 1. The van der Waals surface area contributed by atoms with E-state index in [1.54, 1.807) is 0 Å². The SMILES string of the molecule is CCN(CC)P1(=S)/C(=C2\N(C)c3ccccc3C2(C)C)C=NN1C. The van der Waals surface area contributed by atoms with Crippen LogP contribution in [0.3, 0.4) is 0 Å². The van der Waals surface area contributed by atoms with Crippen molar-refractivity contribution in [1.29, 1.82) is 0 Å². The molecular formula is C18H27N4PS. The Morgan fingerprint density at radius 1 is 1.17 bits per heavy atom. The minimum Gasteiger partial charge on any atom is -0.346 e. The normalized spacial score (nSPS) is 28.1. The molecule has 0 fully saturated rings. The van der Waals surface area contributed by atoms with E-state index < -0.39 is 6.34 Å². The van der Waals surface area contributed by atoms with Crippen LogP contribution < -0.4 is 4.90 Å². The predicted octanol–water partition coefficient (Wildman–Crippen LogP) is 4.21. The van der Waals surface area contributed by atoms with Gasteiger partial charge in [0.1, 0.15) is 6.34 Å². The average molecular weight is 362 g/mol. The van der Waals surface area contributed by atoms with Crippen LogP contribution in [-0.4, -0.2) is 42.8 Å². The number of anilines is 1. The molecule has 0 N–H and O–H groups in total. The third-order valence-electron chi connectivity index (χ3n) is 5.28. The molecule has 24 heavy (non-hydrogen) atoms. The van der Waals surface area contributed by atoms with E-state index in [1.165, 1.54) is 22.3 Å². The lowest BCUT2D eigenvalue weighted by atomic mass is 9.84. The summed E-state index contributed by atoms with van der Waals surface area (Å²) in [6, 6.07) is 8.66. The Balaban J connectivity index is 2.26. The molecule has 0 saturated heterocycles. The molecule has 0 aliphatic carbocycles. The van der Waals surface area contributed by atoms with Crippen LogP contribution in [0.4, 0.5) is 5.69 Å². The molecule has 130 valence electrons. The maximum Gasteiger partial charge on any atom is 0.148 e. The topological polar surface area (TPSA) is 22.1 Å². The predicted molar refractivity (Wildman–Crippen MR) is 108 cm³/mol. The summed E-state index contributed by atoms with van der Waals surface area (Å²) in [5, 5.41) is 5.85. The minimum absolute atomic E-state index is 0.0743. The van der Waals surface area contributed by atoms with Crippen molar-refractivity contribution in [2.45, 2.75) is 33.1 Å². The standard InChI is InChI=1S/C18H27N4PS/c1-7-22(8-2)23(24)16(13-19-21(23)6)17-18(3,4)14-11-9-10-12-15(14)20(17)5/h9-13H,7-8H2,1-6H3/b17-16-. The molecule has 4 nitrogen and oxygen atoms in total. The van der Waals surface area contributed by atoms with Gasteiger partial charge in [-0.1, -0.05) is 57.7 Å². The second-order valence-corrected chi connectivity index (χ2v) is 11.1. The summed E-state index contributed by atoms with van der Waals surface area (Å²) in [5.74, 6) is 0. The van der Waals surface area contributed by atoms with E-state index in [4.69, 9.17) is 11.8 Å². The minimum atomic E-state index is -2.06. The van der Waals surface area contributed by atoms with Crippen molar-refractivity contribution in [1.82, 2.24) is 9.45 Å². The van der Waals surface area contributed by atoms with Gasteiger partial charge in [0.2, 0.25) is 0 Å². The van der Waals surface area contributed by atoms with E-state index in [-0.39, 0.29) is 5.41 Å². The molecule has 2 aliphatic rings.